The fourth-order valence-electron chi connectivity index (χ4n) is 1.87. The number of ether oxygens (including phenoxy) is 1. The van der Waals surface area contributed by atoms with E-state index in [1.165, 1.54) is 0 Å². The van der Waals surface area contributed by atoms with Gasteiger partial charge in [0.2, 0.25) is 0 Å². The zero-order valence-corrected chi connectivity index (χ0v) is 15.7. The summed E-state index contributed by atoms with van der Waals surface area (Å²) in [5, 5.41) is 24.4. The van der Waals surface area contributed by atoms with Crippen LogP contribution in [0.25, 0.3) is 0 Å². The first kappa shape index (κ1) is 22.2. The minimum atomic E-state index is -1.89. The summed E-state index contributed by atoms with van der Waals surface area (Å²) in [5.41, 5.74) is 0.406. The number of anilines is 1. The van der Waals surface area contributed by atoms with Crippen molar-refractivity contribution in [3.8, 4) is 5.75 Å². The van der Waals surface area contributed by atoms with Gasteiger partial charge in [0.25, 0.3) is 11.8 Å². The van der Waals surface area contributed by atoms with Crippen molar-refractivity contribution in [3.63, 3.8) is 0 Å². The monoisotopic (exact) mass is 387 g/mol. The molecule has 0 bridgehead atoms. The van der Waals surface area contributed by atoms with E-state index in [2.05, 4.69) is 10.6 Å². The van der Waals surface area contributed by atoms with Crippen molar-refractivity contribution in [2.24, 2.45) is 0 Å². The highest BCUT2D eigenvalue weighted by Gasteiger charge is 2.30. The summed E-state index contributed by atoms with van der Waals surface area (Å²) < 4.78 is 5.53. The van der Waals surface area contributed by atoms with Gasteiger partial charge in [0.15, 0.2) is 12.2 Å². The van der Waals surface area contributed by atoms with E-state index >= 15 is 0 Å². The van der Waals surface area contributed by atoms with Crippen LogP contribution >= 0.6 is 11.6 Å². The second-order valence-electron chi connectivity index (χ2n) is 5.89. The first-order valence-electron chi connectivity index (χ1n) is 8.23. The molecule has 0 saturated heterocycles. The fourth-order valence-corrected chi connectivity index (χ4v) is 2.00. The molecule has 0 aliphatic heterocycles. The normalized spacial score (nSPS) is 13.2. The number of nitrogens with one attached hydrogen (secondary N) is 2. The number of alkyl halides is 1. The van der Waals surface area contributed by atoms with Gasteiger partial charge >= 0.3 is 0 Å². The van der Waals surface area contributed by atoms with E-state index in [0.29, 0.717) is 30.3 Å². The van der Waals surface area contributed by atoms with Gasteiger partial charge in [-0.05, 0) is 44.8 Å². The fraction of sp³-hybridized carbons (Fsp3) is 0.529. The Labute approximate surface area is 158 Å². The third-order valence-electron chi connectivity index (χ3n) is 3.38. The topological polar surface area (TPSA) is 111 Å². The van der Waals surface area contributed by atoms with E-state index < -0.39 is 24.0 Å². The van der Waals surface area contributed by atoms with Crippen LogP contribution in [0.5, 0.6) is 5.75 Å². The summed E-state index contributed by atoms with van der Waals surface area (Å²) >= 11 is 5.48. The molecule has 0 fully saturated rings. The molecule has 4 N–H and O–H groups in total. The Hall–Kier alpha value is -1.87. The summed E-state index contributed by atoms with van der Waals surface area (Å²) in [6.07, 6.45) is -3.23. The van der Waals surface area contributed by atoms with E-state index in [9.17, 15) is 19.8 Å². The van der Waals surface area contributed by atoms with Crippen LogP contribution < -0.4 is 15.4 Å². The largest absolute Gasteiger partial charge is 0.492 e. The molecule has 0 heterocycles. The smallest absolute Gasteiger partial charge is 0.256 e. The first-order valence-corrected chi connectivity index (χ1v) is 8.77. The van der Waals surface area contributed by atoms with Gasteiger partial charge in [-0.15, -0.1) is 11.6 Å². The van der Waals surface area contributed by atoms with Crippen molar-refractivity contribution in [2.45, 2.75) is 18.6 Å². The van der Waals surface area contributed by atoms with E-state index in [1.807, 2.05) is 19.0 Å². The number of aliphatic hydroxyl groups excluding tert-OH is 2. The van der Waals surface area contributed by atoms with E-state index in [1.54, 1.807) is 24.3 Å². The zero-order chi connectivity index (χ0) is 19.5. The highest BCUT2D eigenvalue weighted by atomic mass is 35.5. The van der Waals surface area contributed by atoms with Gasteiger partial charge in [0, 0.05) is 24.7 Å². The second-order valence-corrected chi connectivity index (χ2v) is 6.27. The molecule has 0 unspecified atom stereocenters. The van der Waals surface area contributed by atoms with Gasteiger partial charge in [0.1, 0.15) is 12.4 Å². The molecule has 2 amide bonds. The molecule has 0 aromatic heterocycles. The van der Waals surface area contributed by atoms with Crippen molar-refractivity contribution in [1.82, 2.24) is 10.2 Å². The van der Waals surface area contributed by atoms with Crippen molar-refractivity contribution in [2.75, 3.05) is 45.0 Å². The van der Waals surface area contributed by atoms with Crippen LogP contribution in [0.1, 0.15) is 6.42 Å². The second kappa shape index (κ2) is 11.7. The molecule has 146 valence electrons. The van der Waals surface area contributed by atoms with Crippen molar-refractivity contribution < 1.29 is 24.5 Å². The summed E-state index contributed by atoms with van der Waals surface area (Å²) in [7, 11) is 3.89. The van der Waals surface area contributed by atoms with Gasteiger partial charge in [-0.25, -0.2) is 0 Å². The third-order valence-corrected chi connectivity index (χ3v) is 3.64. The number of carbonyl (C=O) groups is 2. The van der Waals surface area contributed by atoms with Crippen LogP contribution in [0.4, 0.5) is 5.69 Å². The Kier molecular flexibility index (Phi) is 9.97. The Bertz CT molecular complexity index is 568. The molecular formula is C17H26ClN3O5. The number of likely N-dealkylation sites (N-methyl/N-ethyl adjacent to an activating group) is 1. The molecular weight excluding hydrogens is 362 g/mol. The first-order chi connectivity index (χ1) is 12.3. The van der Waals surface area contributed by atoms with Crippen LogP contribution in [0.3, 0.4) is 0 Å². The maximum absolute atomic E-state index is 12.0. The van der Waals surface area contributed by atoms with Crippen molar-refractivity contribution in [3.05, 3.63) is 24.3 Å². The third kappa shape index (κ3) is 8.01. The molecule has 0 spiro atoms. The van der Waals surface area contributed by atoms with Crippen molar-refractivity contribution >= 4 is 29.1 Å². The lowest BCUT2D eigenvalue weighted by atomic mass is 10.1. The molecule has 0 radical (unpaired) electrons. The summed E-state index contributed by atoms with van der Waals surface area (Å²) in [6, 6.07) is 6.55. The van der Waals surface area contributed by atoms with Crippen LogP contribution in [-0.4, -0.2) is 78.8 Å². The summed E-state index contributed by atoms with van der Waals surface area (Å²) in [5.74, 6) is -0.716. The summed E-state index contributed by atoms with van der Waals surface area (Å²) in [4.78, 5) is 25.6. The Balaban J connectivity index is 2.49. The SMILES string of the molecule is CN(C)CCOc1ccc(NC(=O)[C@H](O)[C@@H](O)C(=O)NCCCCl)cc1. The minimum Gasteiger partial charge on any atom is -0.492 e. The Morgan fingerprint density at radius 3 is 2.35 bits per heavy atom. The molecule has 1 rings (SSSR count). The Morgan fingerprint density at radius 2 is 1.77 bits per heavy atom. The number of halogens is 1. The highest BCUT2D eigenvalue weighted by molar-refractivity contribution is 6.17. The van der Waals surface area contributed by atoms with Crippen LogP contribution in [-0.2, 0) is 9.59 Å². The van der Waals surface area contributed by atoms with E-state index in [0.717, 1.165) is 6.54 Å². The zero-order valence-electron chi connectivity index (χ0n) is 14.9. The number of hydrogen-bond donors (Lipinski definition) is 4. The lowest BCUT2D eigenvalue weighted by molar-refractivity contribution is -0.143. The van der Waals surface area contributed by atoms with Gasteiger partial charge in [-0.2, -0.15) is 0 Å². The number of carbonyl (C=O) groups excluding carboxylic acids is 2. The molecule has 0 saturated carbocycles. The minimum absolute atomic E-state index is 0.253. The molecule has 0 aliphatic carbocycles. The van der Waals surface area contributed by atoms with Crippen LogP contribution in [0.2, 0.25) is 0 Å². The van der Waals surface area contributed by atoms with E-state index in [-0.39, 0.29) is 6.54 Å². The number of rotatable bonds is 11. The van der Waals surface area contributed by atoms with Gasteiger partial charge < -0.3 is 30.5 Å². The van der Waals surface area contributed by atoms with E-state index in [4.69, 9.17) is 16.3 Å². The molecule has 1 aromatic rings. The lowest BCUT2D eigenvalue weighted by Crippen LogP contribution is -2.47. The van der Waals surface area contributed by atoms with Gasteiger partial charge in [-0.3, -0.25) is 9.59 Å². The predicted molar refractivity (Wildman–Crippen MR) is 99.5 cm³/mol. The van der Waals surface area contributed by atoms with Crippen molar-refractivity contribution in [1.29, 1.82) is 0 Å². The maximum Gasteiger partial charge on any atom is 0.256 e. The molecule has 1 aromatic carbocycles. The quantitative estimate of drug-likeness (QED) is 0.315. The molecule has 2 atom stereocenters. The number of aliphatic hydroxyl groups is 2. The average Bonchev–Trinajstić information content (AvgIpc) is 2.61. The number of amides is 2. The van der Waals surface area contributed by atoms with Crippen LogP contribution in [0.15, 0.2) is 24.3 Å². The number of benzene rings is 1. The predicted octanol–water partition coefficient (Wildman–Crippen LogP) is 0.0324. The lowest BCUT2D eigenvalue weighted by Gasteiger charge is -2.17. The molecule has 9 heteroatoms. The molecule has 8 nitrogen and oxygen atoms in total. The standard InChI is InChI=1S/C17H26ClN3O5/c1-21(2)10-11-26-13-6-4-12(5-7-13)20-17(25)15(23)14(22)16(24)19-9-3-8-18/h4-7,14-15,22-23H,3,8-11H2,1-2H3,(H,19,24)(H,20,25)/t14-,15-/m1/s1. The van der Waals surface area contributed by atoms with Gasteiger partial charge in [-0.1, -0.05) is 0 Å². The number of nitrogens with zero attached hydrogens (tertiary/aromatic N) is 1. The average molecular weight is 388 g/mol. The summed E-state index contributed by atoms with van der Waals surface area (Å²) in [6.45, 7) is 1.56. The number of hydrogen-bond acceptors (Lipinski definition) is 6. The Morgan fingerprint density at radius 1 is 1.15 bits per heavy atom. The van der Waals surface area contributed by atoms with Gasteiger partial charge in [0.05, 0.1) is 0 Å². The maximum atomic E-state index is 12.0. The molecule has 26 heavy (non-hydrogen) atoms. The highest BCUT2D eigenvalue weighted by Crippen LogP contribution is 2.16. The van der Waals surface area contributed by atoms with Crippen LogP contribution in [0, 0.1) is 0 Å². The molecule has 0 aliphatic rings.